The van der Waals surface area contributed by atoms with Gasteiger partial charge in [-0.15, -0.1) is 0 Å². The molecule has 1 aliphatic heterocycles. The Bertz CT molecular complexity index is 607. The van der Waals surface area contributed by atoms with Crippen molar-refractivity contribution in [1.29, 1.82) is 0 Å². The third-order valence-electron chi connectivity index (χ3n) is 4.58. The van der Waals surface area contributed by atoms with Crippen molar-refractivity contribution in [2.24, 2.45) is 0 Å². The average Bonchev–Trinajstić information content (AvgIpc) is 3.30. The molecule has 2 atom stereocenters. The summed E-state index contributed by atoms with van der Waals surface area (Å²) in [5.41, 5.74) is 2.63. The molecule has 3 nitrogen and oxygen atoms in total. The Kier molecular flexibility index (Phi) is 3.83. The number of hydrogen-bond donors (Lipinski definition) is 2. The van der Waals surface area contributed by atoms with E-state index in [0.29, 0.717) is 24.6 Å². The lowest BCUT2D eigenvalue weighted by Gasteiger charge is -2.28. The van der Waals surface area contributed by atoms with Gasteiger partial charge in [0, 0.05) is 31.1 Å². The van der Waals surface area contributed by atoms with Gasteiger partial charge in [-0.25, -0.2) is 0 Å². The highest BCUT2D eigenvalue weighted by Gasteiger charge is 2.40. The van der Waals surface area contributed by atoms with Crippen LogP contribution in [0.2, 0.25) is 0 Å². The molecular weight excluding hydrogens is 272 g/mol. The molecule has 1 saturated carbocycles. The first-order valence-corrected chi connectivity index (χ1v) is 8.12. The second kappa shape index (κ2) is 6.11. The fourth-order valence-corrected chi connectivity index (χ4v) is 3.01. The smallest absolute Gasteiger partial charge is 0.119 e. The number of hydrogen-bond acceptors (Lipinski definition) is 3. The summed E-state index contributed by atoms with van der Waals surface area (Å²) in [6.45, 7) is 2.87. The second-order valence-electron chi connectivity index (χ2n) is 6.31. The Balaban J connectivity index is 1.29. The van der Waals surface area contributed by atoms with Gasteiger partial charge in [0.1, 0.15) is 12.4 Å². The van der Waals surface area contributed by atoms with Gasteiger partial charge in [0.25, 0.3) is 0 Å². The molecule has 2 N–H and O–H groups in total. The molecule has 22 heavy (non-hydrogen) atoms. The first kappa shape index (κ1) is 13.8. The predicted molar refractivity (Wildman–Crippen MR) is 88.2 cm³/mol. The summed E-state index contributed by atoms with van der Waals surface area (Å²) in [5, 5.41) is 7.01. The molecule has 1 saturated heterocycles. The molecule has 0 bridgehead atoms. The number of rotatable bonds is 6. The number of benzene rings is 2. The van der Waals surface area contributed by atoms with Crippen molar-refractivity contribution < 1.29 is 4.74 Å². The van der Waals surface area contributed by atoms with Crippen LogP contribution >= 0.6 is 0 Å². The minimum absolute atomic E-state index is 0.627. The van der Waals surface area contributed by atoms with E-state index in [-0.39, 0.29) is 0 Å². The Morgan fingerprint density at radius 3 is 2.45 bits per heavy atom. The molecule has 2 aromatic carbocycles. The van der Waals surface area contributed by atoms with E-state index in [1.807, 2.05) is 18.2 Å². The molecule has 1 heterocycles. The molecule has 2 aliphatic rings. The summed E-state index contributed by atoms with van der Waals surface area (Å²) in [6, 6.07) is 20.3. The van der Waals surface area contributed by atoms with Crippen LogP contribution in [-0.4, -0.2) is 25.2 Å². The molecule has 3 heteroatoms. The number of ether oxygens (including phenoxy) is 1. The monoisotopic (exact) mass is 294 g/mol. The maximum Gasteiger partial charge on any atom is 0.119 e. The van der Waals surface area contributed by atoms with E-state index in [9.17, 15) is 0 Å². The lowest BCUT2D eigenvalue weighted by atomic mass is 10.1. The molecule has 0 radical (unpaired) electrons. The second-order valence-corrected chi connectivity index (χ2v) is 6.31. The zero-order chi connectivity index (χ0) is 14.8. The van der Waals surface area contributed by atoms with Gasteiger partial charge < -0.3 is 15.4 Å². The van der Waals surface area contributed by atoms with Crippen LogP contribution in [0.3, 0.4) is 0 Å². The Hall–Kier alpha value is -1.84. The van der Waals surface area contributed by atoms with Gasteiger partial charge in [0.2, 0.25) is 0 Å². The third-order valence-corrected chi connectivity index (χ3v) is 4.58. The predicted octanol–water partition coefficient (Wildman–Crippen LogP) is 2.68. The summed E-state index contributed by atoms with van der Waals surface area (Å²) in [7, 11) is 0. The highest BCUT2D eigenvalue weighted by Crippen LogP contribution is 2.41. The fourth-order valence-electron chi connectivity index (χ4n) is 3.01. The van der Waals surface area contributed by atoms with Crippen LogP contribution in [0.5, 0.6) is 5.75 Å². The minimum Gasteiger partial charge on any atom is -0.489 e. The van der Waals surface area contributed by atoms with Gasteiger partial charge in [0.05, 0.1) is 0 Å². The summed E-state index contributed by atoms with van der Waals surface area (Å²) >= 11 is 0. The maximum atomic E-state index is 5.84. The lowest BCUT2D eigenvalue weighted by molar-refractivity contribution is 0.306. The number of nitrogens with one attached hydrogen (secondary N) is 2. The third kappa shape index (κ3) is 3.16. The van der Waals surface area contributed by atoms with E-state index < -0.39 is 0 Å². The van der Waals surface area contributed by atoms with E-state index in [1.54, 1.807) is 0 Å². The average molecular weight is 294 g/mol. The highest BCUT2D eigenvalue weighted by molar-refractivity contribution is 5.34. The van der Waals surface area contributed by atoms with E-state index >= 15 is 0 Å². The highest BCUT2D eigenvalue weighted by atomic mass is 16.5. The van der Waals surface area contributed by atoms with Crippen LogP contribution in [0.15, 0.2) is 54.6 Å². The Morgan fingerprint density at radius 2 is 1.77 bits per heavy atom. The van der Waals surface area contributed by atoms with Crippen LogP contribution in [0.1, 0.15) is 23.5 Å². The Labute approximate surface area is 131 Å². The fraction of sp³-hybridized carbons (Fsp3) is 0.368. The van der Waals surface area contributed by atoms with Crippen molar-refractivity contribution in [3.8, 4) is 5.75 Å². The van der Waals surface area contributed by atoms with Gasteiger partial charge in [-0.3, -0.25) is 0 Å². The summed E-state index contributed by atoms with van der Waals surface area (Å²) < 4.78 is 5.84. The van der Waals surface area contributed by atoms with Crippen LogP contribution in [0.4, 0.5) is 0 Å². The molecule has 114 valence electrons. The van der Waals surface area contributed by atoms with E-state index in [2.05, 4.69) is 47.0 Å². The molecule has 2 aromatic rings. The van der Waals surface area contributed by atoms with Crippen molar-refractivity contribution in [3.05, 3.63) is 65.7 Å². The van der Waals surface area contributed by atoms with E-state index in [1.165, 1.54) is 17.5 Å². The van der Waals surface area contributed by atoms with Crippen LogP contribution in [0, 0.1) is 0 Å². The Morgan fingerprint density at radius 1 is 1.00 bits per heavy atom. The topological polar surface area (TPSA) is 33.3 Å². The molecule has 4 rings (SSSR count). The summed E-state index contributed by atoms with van der Waals surface area (Å²) in [5.74, 6) is 1.63. The van der Waals surface area contributed by atoms with Gasteiger partial charge in [-0.2, -0.15) is 0 Å². The molecule has 2 unspecified atom stereocenters. The standard InChI is InChI=1S/C19H22N2O/c1-2-4-14(5-3-1)13-22-17-8-6-15(7-9-17)18-10-19(18)21-16-11-20-12-16/h1-9,16,18-21H,10-13H2. The largest absolute Gasteiger partial charge is 0.489 e. The van der Waals surface area contributed by atoms with E-state index in [0.717, 1.165) is 18.8 Å². The van der Waals surface area contributed by atoms with Crippen molar-refractivity contribution in [3.63, 3.8) is 0 Å². The summed E-state index contributed by atoms with van der Waals surface area (Å²) in [6.07, 6.45) is 1.26. The van der Waals surface area contributed by atoms with Crippen molar-refractivity contribution >= 4 is 0 Å². The molecular formula is C19H22N2O. The molecule has 0 amide bonds. The lowest BCUT2D eigenvalue weighted by Crippen LogP contribution is -2.56. The first-order chi connectivity index (χ1) is 10.9. The zero-order valence-corrected chi connectivity index (χ0v) is 12.7. The van der Waals surface area contributed by atoms with Crippen LogP contribution in [0.25, 0.3) is 0 Å². The molecule has 0 spiro atoms. The normalized spacial score (nSPS) is 23.8. The van der Waals surface area contributed by atoms with Gasteiger partial charge in [-0.1, -0.05) is 42.5 Å². The van der Waals surface area contributed by atoms with Crippen molar-refractivity contribution in [2.45, 2.75) is 31.0 Å². The van der Waals surface area contributed by atoms with Gasteiger partial charge in [-0.05, 0) is 29.7 Å². The van der Waals surface area contributed by atoms with Crippen LogP contribution < -0.4 is 15.4 Å². The van der Waals surface area contributed by atoms with Crippen molar-refractivity contribution in [1.82, 2.24) is 10.6 Å². The van der Waals surface area contributed by atoms with Crippen LogP contribution in [-0.2, 0) is 6.61 Å². The first-order valence-electron chi connectivity index (χ1n) is 8.12. The SMILES string of the molecule is c1ccc(COc2ccc(C3CC3NC3CNC3)cc2)cc1. The zero-order valence-electron chi connectivity index (χ0n) is 12.7. The molecule has 1 aliphatic carbocycles. The molecule has 0 aromatic heterocycles. The molecule has 2 fully saturated rings. The van der Waals surface area contributed by atoms with Gasteiger partial charge in [0.15, 0.2) is 0 Å². The van der Waals surface area contributed by atoms with E-state index in [4.69, 9.17) is 4.74 Å². The van der Waals surface area contributed by atoms with Gasteiger partial charge >= 0.3 is 0 Å². The minimum atomic E-state index is 0.627. The summed E-state index contributed by atoms with van der Waals surface area (Å²) in [4.78, 5) is 0. The quantitative estimate of drug-likeness (QED) is 0.859. The maximum absolute atomic E-state index is 5.84. The van der Waals surface area contributed by atoms with Crippen molar-refractivity contribution in [2.75, 3.05) is 13.1 Å².